The van der Waals surface area contributed by atoms with Crippen LogP contribution in [-0.2, 0) is 6.18 Å². The molecule has 0 amide bonds. The Morgan fingerprint density at radius 2 is 2.00 bits per heavy atom. The van der Waals surface area contributed by atoms with Gasteiger partial charge in [-0.25, -0.2) is 9.97 Å². The third-order valence-electron chi connectivity index (χ3n) is 2.47. The minimum absolute atomic E-state index is 0.190. The molecule has 0 saturated carbocycles. The second-order valence-corrected chi connectivity index (χ2v) is 5.03. The number of nitrogens with zero attached hydrogens (tertiary/aromatic N) is 2. The summed E-state index contributed by atoms with van der Waals surface area (Å²) in [4.78, 5) is 7.80. The highest BCUT2D eigenvalue weighted by molar-refractivity contribution is 14.1. The fraction of sp³-hybridized carbons (Fsp3) is 0.167. The number of hydrogen-bond acceptors (Lipinski definition) is 3. The molecule has 2 rings (SSSR count). The molecule has 0 aliphatic heterocycles. The van der Waals surface area contributed by atoms with Crippen molar-refractivity contribution in [2.45, 2.75) is 13.1 Å². The topological polar surface area (TPSA) is 37.8 Å². The first-order valence-electron chi connectivity index (χ1n) is 5.28. The van der Waals surface area contributed by atoms with Gasteiger partial charge in [-0.05, 0) is 47.2 Å². The molecule has 2 aromatic rings. The molecule has 1 N–H and O–H groups in total. The van der Waals surface area contributed by atoms with Crippen LogP contribution >= 0.6 is 22.6 Å². The summed E-state index contributed by atoms with van der Waals surface area (Å²) in [6, 6.07) is 4.09. The van der Waals surface area contributed by atoms with Crippen LogP contribution < -0.4 is 5.32 Å². The van der Waals surface area contributed by atoms with Gasteiger partial charge in [-0.2, -0.15) is 13.2 Å². The molecule has 0 saturated heterocycles. The monoisotopic (exact) mass is 379 g/mol. The van der Waals surface area contributed by atoms with Gasteiger partial charge in [0.25, 0.3) is 0 Å². The van der Waals surface area contributed by atoms with E-state index in [-0.39, 0.29) is 5.56 Å². The van der Waals surface area contributed by atoms with Gasteiger partial charge in [-0.1, -0.05) is 6.07 Å². The standard InChI is InChI=1S/C12H9F3IN3/c1-7-2-3-8(4-9(7)12(13,14)15)19-11-10(16)5-17-6-18-11/h2-6H,1H3,(H,17,18,19). The molecule has 1 aromatic heterocycles. The molecule has 1 aromatic carbocycles. The van der Waals surface area contributed by atoms with Crippen LogP contribution in [0.3, 0.4) is 0 Å². The van der Waals surface area contributed by atoms with E-state index in [2.05, 4.69) is 15.3 Å². The van der Waals surface area contributed by atoms with E-state index in [4.69, 9.17) is 0 Å². The van der Waals surface area contributed by atoms with Crippen molar-refractivity contribution < 1.29 is 13.2 Å². The molecular formula is C12H9F3IN3. The molecule has 1 heterocycles. The maximum Gasteiger partial charge on any atom is 0.416 e. The van der Waals surface area contributed by atoms with Gasteiger partial charge in [0.05, 0.1) is 9.13 Å². The summed E-state index contributed by atoms with van der Waals surface area (Å²) in [6.07, 6.45) is -1.45. The Morgan fingerprint density at radius 3 is 2.63 bits per heavy atom. The van der Waals surface area contributed by atoms with E-state index in [0.29, 0.717) is 11.5 Å². The van der Waals surface area contributed by atoms with Crippen molar-refractivity contribution in [3.05, 3.63) is 45.4 Å². The zero-order valence-electron chi connectivity index (χ0n) is 9.79. The number of benzene rings is 1. The Bertz CT molecular complexity index is 599. The van der Waals surface area contributed by atoms with Gasteiger partial charge in [0.1, 0.15) is 12.1 Å². The maximum atomic E-state index is 12.8. The van der Waals surface area contributed by atoms with Crippen LogP contribution in [0.1, 0.15) is 11.1 Å². The van der Waals surface area contributed by atoms with Crippen LogP contribution in [0.25, 0.3) is 0 Å². The minimum Gasteiger partial charge on any atom is -0.339 e. The predicted octanol–water partition coefficient (Wildman–Crippen LogP) is 4.15. The lowest BCUT2D eigenvalue weighted by Gasteiger charge is -2.13. The molecule has 0 bridgehead atoms. The van der Waals surface area contributed by atoms with Crippen molar-refractivity contribution in [2.75, 3.05) is 5.32 Å². The van der Waals surface area contributed by atoms with Gasteiger partial charge < -0.3 is 5.32 Å². The lowest BCUT2D eigenvalue weighted by atomic mass is 10.1. The summed E-state index contributed by atoms with van der Waals surface area (Å²) in [7, 11) is 0. The Labute approximate surface area is 121 Å². The number of halogens is 4. The van der Waals surface area contributed by atoms with Crippen LogP contribution in [0, 0.1) is 10.5 Å². The van der Waals surface area contributed by atoms with Crippen LogP contribution in [0.2, 0.25) is 0 Å². The molecule has 0 unspecified atom stereocenters. The first-order valence-corrected chi connectivity index (χ1v) is 6.36. The van der Waals surface area contributed by atoms with E-state index in [1.807, 2.05) is 22.6 Å². The van der Waals surface area contributed by atoms with E-state index in [1.54, 1.807) is 12.3 Å². The van der Waals surface area contributed by atoms with E-state index in [0.717, 1.165) is 9.64 Å². The van der Waals surface area contributed by atoms with Gasteiger partial charge in [0, 0.05) is 11.9 Å². The van der Waals surface area contributed by atoms with Crippen molar-refractivity contribution in [3.63, 3.8) is 0 Å². The molecule has 0 aliphatic rings. The van der Waals surface area contributed by atoms with Crippen LogP contribution in [0.15, 0.2) is 30.7 Å². The highest BCUT2D eigenvalue weighted by atomic mass is 127. The second-order valence-electron chi connectivity index (χ2n) is 3.87. The van der Waals surface area contributed by atoms with Crippen LogP contribution in [-0.4, -0.2) is 9.97 Å². The van der Waals surface area contributed by atoms with Gasteiger partial charge in [0.2, 0.25) is 0 Å². The number of anilines is 2. The molecule has 3 nitrogen and oxygen atoms in total. The summed E-state index contributed by atoms with van der Waals surface area (Å²) >= 11 is 2.01. The summed E-state index contributed by atoms with van der Waals surface area (Å²) < 4.78 is 39.1. The van der Waals surface area contributed by atoms with E-state index in [1.165, 1.54) is 19.3 Å². The van der Waals surface area contributed by atoms with E-state index >= 15 is 0 Å². The van der Waals surface area contributed by atoms with Crippen molar-refractivity contribution in [3.8, 4) is 0 Å². The van der Waals surface area contributed by atoms with Crippen molar-refractivity contribution >= 4 is 34.1 Å². The molecule has 0 spiro atoms. The summed E-state index contributed by atoms with van der Waals surface area (Å²) in [5.74, 6) is 0.479. The van der Waals surface area contributed by atoms with Crippen LogP contribution in [0.5, 0.6) is 0 Å². The number of alkyl halides is 3. The third-order valence-corrected chi connectivity index (χ3v) is 3.26. The summed E-state index contributed by atoms with van der Waals surface area (Å²) in [6.45, 7) is 1.43. The number of rotatable bonds is 2. The SMILES string of the molecule is Cc1ccc(Nc2ncncc2I)cc1C(F)(F)F. The Morgan fingerprint density at radius 1 is 1.26 bits per heavy atom. The van der Waals surface area contributed by atoms with Gasteiger partial charge in [-0.3, -0.25) is 0 Å². The molecule has 0 radical (unpaired) electrons. The molecule has 100 valence electrons. The van der Waals surface area contributed by atoms with Crippen molar-refractivity contribution in [2.24, 2.45) is 0 Å². The van der Waals surface area contributed by atoms with Gasteiger partial charge in [0.15, 0.2) is 0 Å². The quantitative estimate of drug-likeness (QED) is 0.797. The number of aryl methyl sites for hydroxylation is 1. The molecular weight excluding hydrogens is 370 g/mol. The largest absolute Gasteiger partial charge is 0.416 e. The summed E-state index contributed by atoms with van der Waals surface area (Å²) in [5.41, 5.74) is -0.119. The highest BCUT2D eigenvalue weighted by Crippen LogP contribution is 2.34. The maximum absolute atomic E-state index is 12.8. The number of nitrogens with one attached hydrogen (secondary N) is 1. The first kappa shape index (κ1) is 14.0. The third kappa shape index (κ3) is 3.34. The Kier molecular flexibility index (Phi) is 3.93. The van der Waals surface area contributed by atoms with E-state index in [9.17, 15) is 13.2 Å². The van der Waals surface area contributed by atoms with Crippen molar-refractivity contribution in [1.82, 2.24) is 9.97 Å². The lowest BCUT2D eigenvalue weighted by molar-refractivity contribution is -0.138. The van der Waals surface area contributed by atoms with Crippen LogP contribution in [0.4, 0.5) is 24.7 Å². The summed E-state index contributed by atoms with van der Waals surface area (Å²) in [5, 5.41) is 2.85. The molecule has 19 heavy (non-hydrogen) atoms. The lowest BCUT2D eigenvalue weighted by Crippen LogP contribution is -2.08. The Balaban J connectivity index is 2.35. The average Bonchev–Trinajstić information content (AvgIpc) is 2.33. The first-order chi connectivity index (χ1) is 8.88. The normalized spacial score (nSPS) is 11.4. The average molecular weight is 379 g/mol. The smallest absolute Gasteiger partial charge is 0.339 e. The van der Waals surface area contributed by atoms with Gasteiger partial charge in [-0.15, -0.1) is 0 Å². The fourth-order valence-electron chi connectivity index (χ4n) is 1.55. The van der Waals surface area contributed by atoms with Gasteiger partial charge >= 0.3 is 6.18 Å². The molecule has 0 aliphatic carbocycles. The predicted molar refractivity (Wildman–Crippen MR) is 74.2 cm³/mol. The fourth-order valence-corrected chi connectivity index (χ4v) is 1.98. The van der Waals surface area contributed by atoms with E-state index < -0.39 is 11.7 Å². The highest BCUT2D eigenvalue weighted by Gasteiger charge is 2.32. The zero-order valence-corrected chi connectivity index (χ0v) is 12.0. The second kappa shape index (κ2) is 5.32. The number of aromatic nitrogens is 2. The Hall–Kier alpha value is -1.38. The number of hydrogen-bond donors (Lipinski definition) is 1. The minimum atomic E-state index is -4.36. The molecule has 0 fully saturated rings. The zero-order chi connectivity index (χ0) is 14.0. The molecule has 7 heteroatoms. The molecule has 0 atom stereocenters. The van der Waals surface area contributed by atoms with Crippen molar-refractivity contribution in [1.29, 1.82) is 0 Å².